The molecule has 2 rings (SSSR count). The largest absolute Gasteiger partial charge is 0.490 e. The summed E-state index contributed by atoms with van der Waals surface area (Å²) in [6, 6.07) is 3.83. The van der Waals surface area contributed by atoms with Crippen LogP contribution in [0.1, 0.15) is 13.3 Å². The Morgan fingerprint density at radius 1 is 1.38 bits per heavy atom. The second kappa shape index (κ2) is 6.49. The number of hydrogen-bond donors (Lipinski definition) is 3. The van der Waals surface area contributed by atoms with Crippen molar-refractivity contribution < 1.29 is 9.13 Å². The van der Waals surface area contributed by atoms with Gasteiger partial charge in [0.1, 0.15) is 5.82 Å². The van der Waals surface area contributed by atoms with E-state index in [1.54, 1.807) is 0 Å². The van der Waals surface area contributed by atoms with Crippen LogP contribution in [0, 0.1) is 5.82 Å². The summed E-state index contributed by atoms with van der Waals surface area (Å²) in [6.45, 7) is 2.32. The molecule has 0 fully saturated rings. The fourth-order valence-electron chi connectivity index (χ4n) is 1.57. The summed E-state index contributed by atoms with van der Waals surface area (Å²) in [5, 5.41) is 0.278. The molecular weight excluding hydrogens is 295 g/mol. The van der Waals surface area contributed by atoms with Crippen LogP contribution in [0.2, 0.25) is 0 Å². The second-order valence-electron chi connectivity index (χ2n) is 4.25. The van der Waals surface area contributed by atoms with Gasteiger partial charge in [0.05, 0.1) is 6.61 Å². The maximum atomic E-state index is 13.7. The topological polar surface area (TPSA) is 107 Å². The third-order valence-electron chi connectivity index (χ3n) is 2.47. The molecule has 0 saturated heterocycles. The Hall–Kier alpha value is -2.22. The van der Waals surface area contributed by atoms with Crippen LogP contribution in [-0.2, 0) is 0 Å². The minimum Gasteiger partial charge on any atom is -0.490 e. The average molecular weight is 310 g/mol. The van der Waals surface area contributed by atoms with E-state index in [-0.39, 0.29) is 28.0 Å². The van der Waals surface area contributed by atoms with Gasteiger partial charge in [-0.2, -0.15) is 0 Å². The summed E-state index contributed by atoms with van der Waals surface area (Å²) in [5.41, 5.74) is 11.1. The smallest absolute Gasteiger partial charge is 0.253 e. The van der Waals surface area contributed by atoms with E-state index in [0.717, 1.165) is 18.2 Å². The molecule has 6 nitrogen and oxygen atoms in total. The molecule has 0 aliphatic carbocycles. The first-order valence-corrected chi connectivity index (χ1v) is 7.07. The van der Waals surface area contributed by atoms with Crippen LogP contribution in [0.4, 0.5) is 15.9 Å². The van der Waals surface area contributed by atoms with Gasteiger partial charge in [0.15, 0.2) is 16.7 Å². The van der Waals surface area contributed by atoms with Crippen LogP contribution in [0.5, 0.6) is 5.75 Å². The van der Waals surface area contributed by atoms with Crippen LogP contribution in [-0.4, -0.2) is 16.6 Å². The molecule has 0 aliphatic rings. The number of benzene rings is 1. The molecule has 1 aromatic carbocycles. The van der Waals surface area contributed by atoms with Crippen molar-refractivity contribution in [1.82, 2.24) is 9.97 Å². The third-order valence-corrected chi connectivity index (χ3v) is 3.43. The molecule has 1 heterocycles. The lowest BCUT2D eigenvalue weighted by atomic mass is 10.3. The fraction of sp³-hybridized carbons (Fsp3) is 0.231. The summed E-state index contributed by atoms with van der Waals surface area (Å²) in [4.78, 5) is 18.4. The first-order chi connectivity index (χ1) is 9.99. The highest BCUT2D eigenvalue weighted by atomic mass is 32.2. The number of H-pyrrole nitrogens is 1. The minimum absolute atomic E-state index is 0.101. The molecule has 0 radical (unpaired) electrons. The van der Waals surface area contributed by atoms with Crippen molar-refractivity contribution in [3.05, 3.63) is 34.4 Å². The van der Waals surface area contributed by atoms with Crippen LogP contribution in [0.3, 0.4) is 0 Å². The number of rotatable bonds is 5. The van der Waals surface area contributed by atoms with E-state index < -0.39 is 5.82 Å². The number of nitrogens with zero attached hydrogens (tertiary/aromatic N) is 1. The molecule has 112 valence electrons. The molecule has 0 aliphatic heterocycles. The van der Waals surface area contributed by atoms with Crippen LogP contribution >= 0.6 is 11.8 Å². The van der Waals surface area contributed by atoms with Crippen molar-refractivity contribution in [2.75, 3.05) is 18.1 Å². The zero-order chi connectivity index (χ0) is 15.4. The molecule has 21 heavy (non-hydrogen) atoms. The molecule has 2 aromatic rings. The van der Waals surface area contributed by atoms with Crippen molar-refractivity contribution in [2.45, 2.75) is 23.4 Å². The van der Waals surface area contributed by atoms with Gasteiger partial charge in [-0.1, -0.05) is 6.92 Å². The maximum Gasteiger partial charge on any atom is 0.253 e. The number of aromatic amines is 1. The Bertz CT molecular complexity index is 705. The van der Waals surface area contributed by atoms with E-state index in [1.165, 1.54) is 18.2 Å². The molecule has 1 aromatic heterocycles. The van der Waals surface area contributed by atoms with E-state index in [1.807, 2.05) is 6.92 Å². The highest BCUT2D eigenvalue weighted by molar-refractivity contribution is 7.99. The number of ether oxygens (including phenoxy) is 1. The quantitative estimate of drug-likeness (QED) is 0.576. The zero-order valence-electron chi connectivity index (χ0n) is 11.4. The van der Waals surface area contributed by atoms with Crippen molar-refractivity contribution in [2.24, 2.45) is 0 Å². The lowest BCUT2D eigenvalue weighted by Crippen LogP contribution is -2.09. The molecule has 0 bridgehead atoms. The van der Waals surface area contributed by atoms with Gasteiger partial charge in [0, 0.05) is 22.7 Å². The van der Waals surface area contributed by atoms with E-state index in [4.69, 9.17) is 16.2 Å². The van der Waals surface area contributed by atoms with Gasteiger partial charge >= 0.3 is 0 Å². The Labute approximate surface area is 124 Å². The number of hydrogen-bond acceptors (Lipinski definition) is 6. The second-order valence-corrected chi connectivity index (χ2v) is 5.28. The number of aromatic nitrogens is 2. The number of nitrogens with one attached hydrogen (secondary N) is 1. The monoisotopic (exact) mass is 310 g/mol. The predicted molar refractivity (Wildman–Crippen MR) is 80.0 cm³/mol. The highest BCUT2D eigenvalue weighted by Crippen LogP contribution is 2.34. The Balaban J connectivity index is 2.32. The number of anilines is 2. The number of halogens is 1. The van der Waals surface area contributed by atoms with Crippen molar-refractivity contribution >= 4 is 23.3 Å². The average Bonchev–Trinajstić information content (AvgIpc) is 2.39. The predicted octanol–water partition coefficient (Wildman–Crippen LogP) is 2.01. The van der Waals surface area contributed by atoms with Crippen molar-refractivity contribution in [3.63, 3.8) is 0 Å². The lowest BCUT2D eigenvalue weighted by molar-refractivity contribution is 0.300. The van der Waals surface area contributed by atoms with Crippen LogP contribution < -0.4 is 21.8 Å². The van der Waals surface area contributed by atoms with Crippen LogP contribution in [0.15, 0.2) is 33.0 Å². The highest BCUT2D eigenvalue weighted by Gasteiger charge is 2.12. The molecule has 0 spiro atoms. The van der Waals surface area contributed by atoms with Gasteiger partial charge in [-0.3, -0.25) is 4.79 Å². The first-order valence-electron chi connectivity index (χ1n) is 6.26. The SMILES string of the molecule is CCCOc1cc(Sc2nc(N)cc(=O)[nH]2)c(N)cc1F. The third kappa shape index (κ3) is 3.88. The van der Waals surface area contributed by atoms with E-state index in [9.17, 15) is 9.18 Å². The van der Waals surface area contributed by atoms with Gasteiger partial charge in [0.2, 0.25) is 0 Å². The number of nitrogens with two attached hydrogens (primary N) is 2. The minimum atomic E-state index is -0.528. The summed E-state index contributed by atoms with van der Waals surface area (Å²) >= 11 is 1.08. The summed E-state index contributed by atoms with van der Waals surface area (Å²) in [6.07, 6.45) is 0.760. The van der Waals surface area contributed by atoms with Gasteiger partial charge in [-0.05, 0) is 24.2 Å². The number of nitrogen functional groups attached to an aromatic ring is 2. The van der Waals surface area contributed by atoms with Gasteiger partial charge < -0.3 is 21.2 Å². The normalized spacial score (nSPS) is 10.6. The van der Waals surface area contributed by atoms with E-state index in [0.29, 0.717) is 11.5 Å². The molecule has 8 heteroatoms. The van der Waals surface area contributed by atoms with Crippen molar-refractivity contribution in [3.8, 4) is 5.75 Å². The van der Waals surface area contributed by atoms with Crippen LogP contribution in [0.25, 0.3) is 0 Å². The molecule has 0 saturated carbocycles. The van der Waals surface area contributed by atoms with Gasteiger partial charge in [-0.15, -0.1) is 0 Å². The first kappa shape index (κ1) is 15.2. The summed E-state index contributed by atoms with van der Waals surface area (Å²) < 4.78 is 19.0. The molecule has 0 amide bonds. The lowest BCUT2D eigenvalue weighted by Gasteiger charge is -2.10. The Morgan fingerprint density at radius 2 is 2.14 bits per heavy atom. The zero-order valence-corrected chi connectivity index (χ0v) is 12.2. The van der Waals surface area contributed by atoms with Gasteiger partial charge in [0.25, 0.3) is 5.56 Å². The van der Waals surface area contributed by atoms with Gasteiger partial charge in [-0.25, -0.2) is 9.37 Å². The summed E-state index contributed by atoms with van der Waals surface area (Å²) in [5.74, 6) is -0.316. The molecular formula is C13H15FN4O2S. The van der Waals surface area contributed by atoms with Crippen molar-refractivity contribution in [1.29, 1.82) is 0 Å². The standard InChI is InChI=1S/C13H15FN4O2S/c1-2-3-20-9-5-10(8(15)4-7(9)14)21-13-17-11(16)6-12(19)18-13/h4-6H,2-3,15H2,1H3,(H3,16,17,18,19). The summed E-state index contributed by atoms with van der Waals surface area (Å²) in [7, 11) is 0. The van der Waals surface area contributed by atoms with E-state index in [2.05, 4.69) is 9.97 Å². The maximum absolute atomic E-state index is 13.7. The Morgan fingerprint density at radius 3 is 2.81 bits per heavy atom. The molecule has 5 N–H and O–H groups in total. The Kier molecular flexibility index (Phi) is 4.69. The fourth-order valence-corrected chi connectivity index (χ4v) is 2.42. The molecule has 0 atom stereocenters. The van der Waals surface area contributed by atoms with E-state index >= 15 is 0 Å². The molecule has 0 unspecified atom stereocenters.